The predicted molar refractivity (Wildman–Crippen MR) is 115 cm³/mol. The Bertz CT molecular complexity index is 1280. The fourth-order valence-electron chi connectivity index (χ4n) is 3.02. The molecule has 1 N–H and O–H groups in total. The number of para-hydroxylation sites is 1. The molecule has 0 aliphatic rings. The van der Waals surface area contributed by atoms with Crippen molar-refractivity contribution in [1.82, 2.24) is 9.56 Å². The third kappa shape index (κ3) is 4.92. The summed E-state index contributed by atoms with van der Waals surface area (Å²) in [6.45, 7) is 3.58. The minimum absolute atomic E-state index is 0.0580. The molecule has 0 spiro atoms. The second-order valence-corrected chi connectivity index (χ2v) is 7.02. The normalized spacial score (nSPS) is 10.8. The molecule has 4 rings (SSSR count). The van der Waals surface area contributed by atoms with Gasteiger partial charge in [-0.15, -0.1) is 4.57 Å². The second kappa shape index (κ2) is 8.74. The summed E-state index contributed by atoms with van der Waals surface area (Å²) in [5.74, 6) is 1.35. The van der Waals surface area contributed by atoms with Crippen LogP contribution in [0.3, 0.4) is 0 Å². The first-order valence-corrected chi connectivity index (χ1v) is 9.69. The highest BCUT2D eigenvalue weighted by molar-refractivity contribution is 5.93. The number of nitrogens with one attached hydrogen (secondary N) is 1. The minimum atomic E-state index is -0.327. The van der Waals surface area contributed by atoms with Crippen LogP contribution >= 0.6 is 0 Å². The van der Waals surface area contributed by atoms with E-state index >= 15 is 0 Å². The summed E-state index contributed by atoms with van der Waals surface area (Å²) >= 11 is 0. The average molecular weight is 419 g/mol. The highest BCUT2D eigenvalue weighted by Crippen LogP contribution is 2.26. The Labute approximate surface area is 178 Å². The van der Waals surface area contributed by atoms with Crippen molar-refractivity contribution >= 4 is 17.2 Å². The molecule has 2 heterocycles. The van der Waals surface area contributed by atoms with Crippen molar-refractivity contribution in [2.75, 3.05) is 11.9 Å². The number of ether oxygens (including phenoxy) is 2. The first kappa shape index (κ1) is 20.2. The van der Waals surface area contributed by atoms with E-state index in [4.69, 9.17) is 14.0 Å². The number of nitrogens with zero attached hydrogens (tertiary/aromatic N) is 2. The first-order chi connectivity index (χ1) is 15.0. The molecule has 4 aromatic rings. The van der Waals surface area contributed by atoms with Crippen molar-refractivity contribution in [3.8, 4) is 11.5 Å². The number of carbonyl (C=O) groups excluding carboxylic acids is 1. The van der Waals surface area contributed by atoms with E-state index < -0.39 is 0 Å². The van der Waals surface area contributed by atoms with E-state index in [1.165, 1.54) is 6.07 Å². The van der Waals surface area contributed by atoms with Crippen LogP contribution in [0.5, 0.6) is 11.5 Å². The van der Waals surface area contributed by atoms with Gasteiger partial charge < -0.3 is 19.3 Å². The standard InChI is InChI=1S/C23H21N3O5/c1-15-8-9-20(19(10-15)25-22(27)14-29-18-6-4-3-5-7-18)30-13-17-12-23(28)26-21(24-17)11-16(2)31-26/h3-12H,13-14H2,1-2H3,(H,25,27). The van der Waals surface area contributed by atoms with E-state index in [9.17, 15) is 9.59 Å². The minimum Gasteiger partial charge on any atom is -0.485 e. The van der Waals surface area contributed by atoms with Crippen molar-refractivity contribution in [3.63, 3.8) is 0 Å². The second-order valence-electron chi connectivity index (χ2n) is 7.02. The van der Waals surface area contributed by atoms with E-state index in [0.29, 0.717) is 34.3 Å². The summed E-state index contributed by atoms with van der Waals surface area (Å²) in [5.41, 5.74) is 2.01. The molecular formula is C23H21N3O5. The van der Waals surface area contributed by atoms with Gasteiger partial charge in [-0.05, 0) is 43.7 Å². The van der Waals surface area contributed by atoms with Gasteiger partial charge in [-0.25, -0.2) is 4.98 Å². The van der Waals surface area contributed by atoms with Crippen LogP contribution in [0, 0.1) is 13.8 Å². The van der Waals surface area contributed by atoms with Gasteiger partial charge in [0.2, 0.25) is 0 Å². The lowest BCUT2D eigenvalue weighted by Gasteiger charge is -2.13. The number of anilines is 1. The Balaban J connectivity index is 1.45. The quantitative estimate of drug-likeness (QED) is 0.493. The van der Waals surface area contributed by atoms with Gasteiger partial charge in [-0.1, -0.05) is 24.3 Å². The molecule has 31 heavy (non-hydrogen) atoms. The Morgan fingerprint density at radius 1 is 1.06 bits per heavy atom. The van der Waals surface area contributed by atoms with Gasteiger partial charge in [-0.2, -0.15) is 0 Å². The van der Waals surface area contributed by atoms with Gasteiger partial charge in [0, 0.05) is 12.1 Å². The average Bonchev–Trinajstić information content (AvgIpc) is 3.13. The van der Waals surface area contributed by atoms with E-state index in [-0.39, 0.29) is 24.7 Å². The summed E-state index contributed by atoms with van der Waals surface area (Å²) in [6, 6.07) is 17.6. The van der Waals surface area contributed by atoms with E-state index in [0.717, 1.165) is 10.1 Å². The lowest BCUT2D eigenvalue weighted by atomic mass is 10.2. The smallest absolute Gasteiger partial charge is 0.287 e. The van der Waals surface area contributed by atoms with Gasteiger partial charge in [0.05, 0.1) is 11.4 Å². The van der Waals surface area contributed by atoms with E-state index in [1.54, 1.807) is 37.3 Å². The molecule has 0 atom stereocenters. The fourth-order valence-corrected chi connectivity index (χ4v) is 3.02. The monoisotopic (exact) mass is 419 g/mol. The van der Waals surface area contributed by atoms with Crippen molar-refractivity contribution < 1.29 is 18.8 Å². The lowest BCUT2D eigenvalue weighted by molar-refractivity contribution is -0.118. The number of hydrogen-bond donors (Lipinski definition) is 1. The molecule has 0 unspecified atom stereocenters. The molecule has 0 bridgehead atoms. The number of aryl methyl sites for hydroxylation is 2. The molecule has 0 fully saturated rings. The van der Waals surface area contributed by atoms with Crippen LogP contribution in [0.25, 0.3) is 5.65 Å². The first-order valence-electron chi connectivity index (χ1n) is 9.69. The van der Waals surface area contributed by atoms with Gasteiger partial charge in [0.1, 0.15) is 23.9 Å². The molecule has 8 heteroatoms. The third-order valence-electron chi connectivity index (χ3n) is 4.42. The predicted octanol–water partition coefficient (Wildman–Crippen LogP) is 3.50. The number of fused-ring (bicyclic) bond motifs is 1. The highest BCUT2D eigenvalue weighted by atomic mass is 16.5. The number of benzene rings is 2. The van der Waals surface area contributed by atoms with Crippen LogP contribution in [-0.2, 0) is 11.4 Å². The Morgan fingerprint density at radius 3 is 2.68 bits per heavy atom. The molecule has 0 aliphatic carbocycles. The lowest BCUT2D eigenvalue weighted by Crippen LogP contribution is -2.20. The molecular weight excluding hydrogens is 398 g/mol. The molecule has 0 saturated heterocycles. The van der Waals surface area contributed by atoms with E-state index in [2.05, 4.69) is 10.3 Å². The Hall–Kier alpha value is -4.07. The topological polar surface area (TPSA) is 95.1 Å². The number of rotatable bonds is 7. The van der Waals surface area contributed by atoms with Gasteiger partial charge in [0.25, 0.3) is 11.5 Å². The van der Waals surface area contributed by atoms with Crippen LogP contribution in [0.1, 0.15) is 17.0 Å². The summed E-state index contributed by atoms with van der Waals surface area (Å²) in [6.07, 6.45) is 0. The van der Waals surface area contributed by atoms with Gasteiger partial charge in [-0.3, -0.25) is 9.59 Å². The van der Waals surface area contributed by atoms with Crippen LogP contribution in [0.2, 0.25) is 0 Å². The fraction of sp³-hybridized carbons (Fsp3) is 0.174. The summed E-state index contributed by atoms with van der Waals surface area (Å²) < 4.78 is 17.8. The molecule has 1 amide bonds. The zero-order valence-electron chi connectivity index (χ0n) is 17.1. The van der Waals surface area contributed by atoms with Crippen LogP contribution in [0.15, 0.2) is 70.0 Å². The van der Waals surface area contributed by atoms with Gasteiger partial charge in [0.15, 0.2) is 12.3 Å². The SMILES string of the molecule is Cc1ccc(OCc2cc(=O)n3oc(C)cc3n2)c(NC(=O)COc2ccccc2)c1. The zero-order chi connectivity index (χ0) is 21.8. The van der Waals surface area contributed by atoms with Crippen LogP contribution in [0.4, 0.5) is 5.69 Å². The summed E-state index contributed by atoms with van der Waals surface area (Å²) in [4.78, 5) is 28.9. The maximum Gasteiger partial charge on any atom is 0.287 e. The number of aromatic nitrogens is 2. The number of carbonyl (C=O) groups is 1. The highest BCUT2D eigenvalue weighted by Gasteiger charge is 2.12. The maximum absolute atomic E-state index is 12.4. The molecule has 0 radical (unpaired) electrons. The number of amides is 1. The van der Waals surface area contributed by atoms with Crippen molar-refractivity contribution in [1.29, 1.82) is 0 Å². The number of hydrogen-bond acceptors (Lipinski definition) is 6. The summed E-state index contributed by atoms with van der Waals surface area (Å²) in [7, 11) is 0. The molecule has 2 aromatic heterocycles. The Morgan fingerprint density at radius 2 is 1.87 bits per heavy atom. The van der Waals surface area contributed by atoms with Gasteiger partial charge >= 0.3 is 0 Å². The van der Waals surface area contributed by atoms with E-state index in [1.807, 2.05) is 31.2 Å². The Kier molecular flexibility index (Phi) is 5.70. The zero-order valence-corrected chi connectivity index (χ0v) is 17.1. The molecule has 2 aromatic carbocycles. The van der Waals surface area contributed by atoms with Crippen LogP contribution in [-0.4, -0.2) is 22.1 Å². The molecule has 8 nitrogen and oxygen atoms in total. The summed E-state index contributed by atoms with van der Waals surface area (Å²) in [5, 5.41) is 2.81. The maximum atomic E-state index is 12.4. The third-order valence-corrected chi connectivity index (χ3v) is 4.42. The van der Waals surface area contributed by atoms with Crippen molar-refractivity contribution in [3.05, 3.63) is 88.0 Å². The van der Waals surface area contributed by atoms with Crippen molar-refractivity contribution in [2.45, 2.75) is 20.5 Å². The van der Waals surface area contributed by atoms with Crippen molar-refractivity contribution in [2.24, 2.45) is 0 Å². The molecule has 0 saturated carbocycles. The largest absolute Gasteiger partial charge is 0.485 e. The molecule has 0 aliphatic heterocycles. The van der Waals surface area contributed by atoms with Crippen LogP contribution < -0.4 is 20.3 Å². The molecule has 158 valence electrons.